The largest absolute Gasteiger partial charge is 0.344 e. The fraction of sp³-hybridized carbons (Fsp3) is 0.500. The summed E-state index contributed by atoms with van der Waals surface area (Å²) in [5.74, 6) is 0.588. The van der Waals surface area contributed by atoms with Crippen LogP contribution in [0.1, 0.15) is 59.0 Å². The van der Waals surface area contributed by atoms with Gasteiger partial charge in [0.25, 0.3) is 5.91 Å². The summed E-state index contributed by atoms with van der Waals surface area (Å²) in [6.07, 6.45) is 1.57. The molecule has 0 saturated carbocycles. The van der Waals surface area contributed by atoms with Crippen molar-refractivity contribution in [2.75, 3.05) is 13.1 Å². The molecule has 7 heteroatoms. The lowest BCUT2D eigenvalue weighted by atomic mass is 9.95. The van der Waals surface area contributed by atoms with Crippen molar-refractivity contribution in [3.05, 3.63) is 46.6 Å². The highest BCUT2D eigenvalue weighted by Crippen LogP contribution is 2.21. The number of rotatable bonds is 4. The van der Waals surface area contributed by atoms with Crippen molar-refractivity contribution in [2.45, 2.75) is 46.6 Å². The molecule has 1 saturated heterocycles. The van der Waals surface area contributed by atoms with Crippen molar-refractivity contribution in [1.82, 2.24) is 20.4 Å². The van der Waals surface area contributed by atoms with Crippen LogP contribution >= 0.6 is 0 Å². The molecular weight excluding hydrogens is 344 g/mol. The Morgan fingerprint density at radius 2 is 1.93 bits per heavy atom. The molecule has 1 fully saturated rings. The third kappa shape index (κ3) is 4.53. The Balaban J connectivity index is 1.64. The number of piperidine rings is 1. The van der Waals surface area contributed by atoms with E-state index in [2.05, 4.69) is 15.5 Å². The van der Waals surface area contributed by atoms with E-state index < -0.39 is 0 Å². The van der Waals surface area contributed by atoms with Crippen LogP contribution in [0.2, 0.25) is 0 Å². The monoisotopic (exact) mass is 370 g/mol. The molecule has 7 nitrogen and oxygen atoms in total. The standard InChI is InChI=1S/C20H26N4O3/c1-12-8-13(2)10-17(9-12)20(26)24-7-5-6-16(11-24)18(25)21-14(3)19-22-15(4)23-27-19/h8-10,14,16H,5-7,11H2,1-4H3,(H,21,25). The van der Waals surface area contributed by atoms with Crippen molar-refractivity contribution < 1.29 is 14.1 Å². The number of hydrogen-bond acceptors (Lipinski definition) is 5. The Bertz CT molecular complexity index is 825. The molecule has 0 spiro atoms. The van der Waals surface area contributed by atoms with Gasteiger partial charge < -0.3 is 14.7 Å². The van der Waals surface area contributed by atoms with Gasteiger partial charge in [-0.05, 0) is 52.7 Å². The molecule has 2 amide bonds. The van der Waals surface area contributed by atoms with Crippen LogP contribution in [0.25, 0.3) is 0 Å². The second-order valence-corrected chi connectivity index (χ2v) is 7.38. The van der Waals surface area contributed by atoms with Crippen LogP contribution in [0, 0.1) is 26.7 Å². The molecule has 0 bridgehead atoms. The van der Waals surface area contributed by atoms with E-state index in [0.717, 1.165) is 24.0 Å². The minimum absolute atomic E-state index is 0.0140. The first-order chi connectivity index (χ1) is 12.8. The minimum atomic E-state index is -0.357. The lowest BCUT2D eigenvalue weighted by molar-refractivity contribution is -0.127. The summed E-state index contributed by atoms with van der Waals surface area (Å²) in [5, 5.41) is 6.67. The predicted molar refractivity (Wildman–Crippen MR) is 100 cm³/mol. The summed E-state index contributed by atoms with van der Waals surface area (Å²) < 4.78 is 5.11. The van der Waals surface area contributed by atoms with Gasteiger partial charge in [0.05, 0.1) is 5.92 Å². The molecule has 0 radical (unpaired) electrons. The number of carbonyl (C=O) groups is 2. The van der Waals surface area contributed by atoms with Crippen LogP contribution in [0.15, 0.2) is 22.7 Å². The first-order valence-corrected chi connectivity index (χ1v) is 9.31. The zero-order valence-corrected chi connectivity index (χ0v) is 16.3. The maximum absolute atomic E-state index is 12.9. The third-order valence-corrected chi connectivity index (χ3v) is 4.82. The maximum Gasteiger partial charge on any atom is 0.253 e. The number of carbonyl (C=O) groups excluding carboxylic acids is 2. The highest BCUT2D eigenvalue weighted by atomic mass is 16.5. The van der Waals surface area contributed by atoms with Crippen molar-refractivity contribution in [3.8, 4) is 0 Å². The number of nitrogens with zero attached hydrogens (tertiary/aromatic N) is 3. The average molecular weight is 370 g/mol. The second kappa shape index (κ2) is 7.90. The highest BCUT2D eigenvalue weighted by molar-refractivity contribution is 5.95. The van der Waals surface area contributed by atoms with Gasteiger partial charge in [-0.2, -0.15) is 4.98 Å². The smallest absolute Gasteiger partial charge is 0.253 e. The summed E-state index contributed by atoms with van der Waals surface area (Å²) in [5.41, 5.74) is 2.81. The van der Waals surface area contributed by atoms with E-state index in [4.69, 9.17) is 4.52 Å². The first kappa shape index (κ1) is 19.1. The minimum Gasteiger partial charge on any atom is -0.344 e. The Labute approximate surface area is 159 Å². The zero-order valence-electron chi connectivity index (χ0n) is 16.3. The van der Waals surface area contributed by atoms with Gasteiger partial charge in [-0.3, -0.25) is 9.59 Å². The van der Waals surface area contributed by atoms with Crippen LogP contribution in [0.4, 0.5) is 0 Å². The molecule has 1 aliphatic heterocycles. The van der Waals surface area contributed by atoms with Crippen LogP contribution in [0.5, 0.6) is 0 Å². The molecule has 144 valence electrons. The quantitative estimate of drug-likeness (QED) is 0.894. The molecule has 2 atom stereocenters. The molecule has 1 aromatic heterocycles. The normalized spacial score (nSPS) is 18.2. The molecule has 2 aromatic rings. The number of nitrogens with one attached hydrogen (secondary N) is 1. The molecule has 3 rings (SSSR count). The lowest BCUT2D eigenvalue weighted by Crippen LogP contribution is -2.46. The van der Waals surface area contributed by atoms with Crippen LogP contribution in [0.3, 0.4) is 0 Å². The average Bonchev–Trinajstić information content (AvgIpc) is 3.07. The van der Waals surface area contributed by atoms with Gasteiger partial charge in [-0.25, -0.2) is 0 Å². The van der Waals surface area contributed by atoms with Gasteiger partial charge in [0.15, 0.2) is 5.82 Å². The summed E-state index contributed by atoms with van der Waals surface area (Å²) in [6.45, 7) is 8.61. The molecule has 2 unspecified atom stereocenters. The van der Waals surface area contributed by atoms with E-state index in [1.807, 2.05) is 39.0 Å². The number of aromatic nitrogens is 2. The van der Waals surface area contributed by atoms with Crippen LogP contribution in [-0.2, 0) is 4.79 Å². The zero-order chi connectivity index (χ0) is 19.6. The Morgan fingerprint density at radius 1 is 1.22 bits per heavy atom. The van der Waals surface area contributed by atoms with Crippen LogP contribution < -0.4 is 5.32 Å². The third-order valence-electron chi connectivity index (χ3n) is 4.82. The van der Waals surface area contributed by atoms with Crippen molar-refractivity contribution in [2.24, 2.45) is 5.92 Å². The summed E-state index contributed by atoms with van der Waals surface area (Å²) in [6, 6.07) is 5.49. The van der Waals surface area contributed by atoms with Gasteiger partial charge in [-0.1, -0.05) is 22.3 Å². The summed E-state index contributed by atoms with van der Waals surface area (Å²) in [7, 11) is 0. The topological polar surface area (TPSA) is 88.3 Å². The summed E-state index contributed by atoms with van der Waals surface area (Å²) in [4.78, 5) is 31.5. The number of hydrogen-bond donors (Lipinski definition) is 1. The Kier molecular flexibility index (Phi) is 5.58. The van der Waals surface area contributed by atoms with Crippen molar-refractivity contribution in [1.29, 1.82) is 0 Å². The van der Waals surface area contributed by atoms with E-state index >= 15 is 0 Å². The molecule has 2 heterocycles. The Hall–Kier alpha value is -2.70. The van der Waals surface area contributed by atoms with Gasteiger partial charge >= 0.3 is 0 Å². The number of aryl methyl sites for hydroxylation is 3. The van der Waals surface area contributed by atoms with E-state index in [1.54, 1.807) is 11.8 Å². The van der Waals surface area contributed by atoms with Gasteiger partial charge in [0.2, 0.25) is 11.8 Å². The molecule has 1 aliphatic rings. The van der Waals surface area contributed by atoms with Crippen molar-refractivity contribution >= 4 is 11.8 Å². The fourth-order valence-electron chi connectivity index (χ4n) is 3.54. The number of likely N-dealkylation sites (tertiary alicyclic amines) is 1. The Morgan fingerprint density at radius 3 is 2.56 bits per heavy atom. The predicted octanol–water partition coefficient (Wildman–Crippen LogP) is 2.72. The van der Waals surface area contributed by atoms with Crippen molar-refractivity contribution in [3.63, 3.8) is 0 Å². The van der Waals surface area contributed by atoms with Gasteiger partial charge in [0.1, 0.15) is 6.04 Å². The van der Waals surface area contributed by atoms with Crippen LogP contribution in [-0.4, -0.2) is 39.9 Å². The summed E-state index contributed by atoms with van der Waals surface area (Å²) >= 11 is 0. The van der Waals surface area contributed by atoms with E-state index in [0.29, 0.717) is 30.4 Å². The van der Waals surface area contributed by atoms with Gasteiger partial charge in [0, 0.05) is 18.7 Å². The molecule has 0 aliphatic carbocycles. The van der Waals surface area contributed by atoms with E-state index in [1.165, 1.54) is 0 Å². The molecular formula is C20H26N4O3. The number of benzene rings is 1. The van der Waals surface area contributed by atoms with E-state index in [-0.39, 0.29) is 23.8 Å². The number of amides is 2. The molecule has 1 aromatic carbocycles. The molecule has 1 N–H and O–H groups in total. The van der Waals surface area contributed by atoms with E-state index in [9.17, 15) is 9.59 Å². The second-order valence-electron chi connectivity index (χ2n) is 7.38. The van der Waals surface area contributed by atoms with Gasteiger partial charge in [-0.15, -0.1) is 0 Å². The lowest BCUT2D eigenvalue weighted by Gasteiger charge is -2.32. The first-order valence-electron chi connectivity index (χ1n) is 9.31. The fourth-order valence-corrected chi connectivity index (χ4v) is 3.54. The maximum atomic E-state index is 12.9. The molecule has 27 heavy (non-hydrogen) atoms. The highest BCUT2D eigenvalue weighted by Gasteiger charge is 2.30. The SMILES string of the molecule is Cc1cc(C)cc(C(=O)N2CCCC(C(=O)NC(C)c3nc(C)no3)C2)c1.